The van der Waals surface area contributed by atoms with E-state index in [1.54, 1.807) is 12.1 Å². The summed E-state index contributed by atoms with van der Waals surface area (Å²) in [6, 6.07) is 11.3. The van der Waals surface area contributed by atoms with Gasteiger partial charge in [-0.15, -0.1) is 0 Å². The van der Waals surface area contributed by atoms with Gasteiger partial charge in [0, 0.05) is 12.5 Å². The number of hydrogen-bond donors (Lipinski definition) is 1. The van der Waals surface area contributed by atoms with Gasteiger partial charge in [-0.1, -0.05) is 23.7 Å². The molecule has 21 heavy (non-hydrogen) atoms. The molecule has 0 saturated carbocycles. The fraction of sp³-hybridized carbons (Fsp3) is 0.294. The zero-order chi connectivity index (χ0) is 15.2. The third-order valence-corrected chi connectivity index (χ3v) is 3.68. The molecule has 2 aromatic carbocycles. The summed E-state index contributed by atoms with van der Waals surface area (Å²) in [4.78, 5) is 0. The van der Waals surface area contributed by atoms with E-state index < -0.39 is 0 Å². The monoisotopic (exact) mass is 305 g/mol. The zero-order valence-electron chi connectivity index (χ0n) is 12.4. The van der Waals surface area contributed by atoms with E-state index in [4.69, 9.17) is 26.8 Å². The summed E-state index contributed by atoms with van der Waals surface area (Å²) in [6.45, 7) is 5.34. The molecule has 112 valence electrons. The molecule has 0 unspecified atom stereocenters. The van der Waals surface area contributed by atoms with Crippen molar-refractivity contribution in [3.63, 3.8) is 0 Å². The number of aryl methyl sites for hydroxylation is 1. The predicted octanol–water partition coefficient (Wildman–Crippen LogP) is 4.39. The van der Waals surface area contributed by atoms with Crippen molar-refractivity contribution in [2.45, 2.75) is 20.3 Å². The van der Waals surface area contributed by atoms with E-state index in [9.17, 15) is 0 Å². The van der Waals surface area contributed by atoms with Crippen LogP contribution < -0.4 is 15.2 Å². The molecule has 3 nitrogen and oxygen atoms in total. The molecule has 0 aliphatic carbocycles. The second-order valence-electron chi connectivity index (χ2n) is 4.93. The minimum Gasteiger partial charge on any atom is -0.493 e. The fourth-order valence-electron chi connectivity index (χ4n) is 1.92. The standard InChI is InChI=1S/C17H20ClNO2/c1-12-5-3-6-17(13(12)2)21-10-4-9-20-14-7-8-15(18)16(19)11-14/h3,5-8,11H,4,9-10,19H2,1-2H3. The molecule has 0 saturated heterocycles. The maximum absolute atomic E-state index is 5.86. The lowest BCUT2D eigenvalue weighted by molar-refractivity contribution is 0.246. The molecule has 0 heterocycles. The van der Waals surface area contributed by atoms with Crippen LogP contribution in [-0.4, -0.2) is 13.2 Å². The van der Waals surface area contributed by atoms with Gasteiger partial charge in [0.25, 0.3) is 0 Å². The lowest BCUT2D eigenvalue weighted by Gasteiger charge is -2.11. The van der Waals surface area contributed by atoms with Gasteiger partial charge < -0.3 is 15.2 Å². The van der Waals surface area contributed by atoms with Crippen LogP contribution in [0.25, 0.3) is 0 Å². The molecule has 2 aromatic rings. The molecule has 0 atom stereocenters. The third-order valence-electron chi connectivity index (χ3n) is 3.34. The Morgan fingerprint density at radius 2 is 1.81 bits per heavy atom. The van der Waals surface area contributed by atoms with E-state index in [0.717, 1.165) is 17.9 Å². The highest BCUT2D eigenvalue weighted by atomic mass is 35.5. The topological polar surface area (TPSA) is 44.5 Å². The van der Waals surface area contributed by atoms with Crippen molar-refractivity contribution < 1.29 is 9.47 Å². The first-order valence-electron chi connectivity index (χ1n) is 6.95. The van der Waals surface area contributed by atoms with Gasteiger partial charge in [-0.2, -0.15) is 0 Å². The van der Waals surface area contributed by atoms with Crippen LogP contribution in [0.5, 0.6) is 11.5 Å². The van der Waals surface area contributed by atoms with Gasteiger partial charge in [0.05, 0.1) is 23.9 Å². The van der Waals surface area contributed by atoms with Crippen molar-refractivity contribution in [3.05, 3.63) is 52.5 Å². The number of nitrogens with two attached hydrogens (primary N) is 1. The summed E-state index contributed by atoms with van der Waals surface area (Å²) in [5.41, 5.74) is 8.67. The summed E-state index contributed by atoms with van der Waals surface area (Å²) in [6.07, 6.45) is 0.802. The van der Waals surface area contributed by atoms with Crippen LogP contribution in [0, 0.1) is 13.8 Å². The molecule has 2 rings (SSSR count). The molecule has 0 fully saturated rings. The highest BCUT2D eigenvalue weighted by Crippen LogP contribution is 2.24. The van der Waals surface area contributed by atoms with Gasteiger partial charge in [0.2, 0.25) is 0 Å². The Bertz CT molecular complexity index is 614. The third kappa shape index (κ3) is 4.30. The molecular weight excluding hydrogens is 286 g/mol. The van der Waals surface area contributed by atoms with E-state index in [2.05, 4.69) is 19.9 Å². The van der Waals surface area contributed by atoms with Crippen LogP contribution in [0.15, 0.2) is 36.4 Å². The Morgan fingerprint density at radius 1 is 1.05 bits per heavy atom. The average Bonchev–Trinajstić information content (AvgIpc) is 2.46. The van der Waals surface area contributed by atoms with Gasteiger partial charge in [-0.05, 0) is 43.2 Å². The first-order valence-corrected chi connectivity index (χ1v) is 7.32. The number of benzene rings is 2. The zero-order valence-corrected chi connectivity index (χ0v) is 13.1. The van der Waals surface area contributed by atoms with Gasteiger partial charge in [-0.3, -0.25) is 0 Å². The van der Waals surface area contributed by atoms with Crippen LogP contribution >= 0.6 is 11.6 Å². The normalized spacial score (nSPS) is 10.4. The van der Waals surface area contributed by atoms with Crippen LogP contribution in [-0.2, 0) is 0 Å². The van der Waals surface area contributed by atoms with E-state index in [0.29, 0.717) is 23.9 Å². The van der Waals surface area contributed by atoms with Crippen LogP contribution in [0.2, 0.25) is 5.02 Å². The van der Waals surface area contributed by atoms with Gasteiger partial charge >= 0.3 is 0 Å². The summed E-state index contributed by atoms with van der Waals surface area (Å²) >= 11 is 5.86. The Morgan fingerprint density at radius 3 is 2.57 bits per heavy atom. The van der Waals surface area contributed by atoms with Gasteiger partial charge in [0.15, 0.2) is 0 Å². The molecule has 4 heteroatoms. The molecule has 0 amide bonds. The van der Waals surface area contributed by atoms with Crippen LogP contribution in [0.1, 0.15) is 17.5 Å². The SMILES string of the molecule is Cc1cccc(OCCCOc2ccc(Cl)c(N)c2)c1C. The molecule has 0 spiro atoms. The highest BCUT2D eigenvalue weighted by molar-refractivity contribution is 6.33. The minimum atomic E-state index is 0.529. The molecule has 0 radical (unpaired) electrons. The fourth-order valence-corrected chi connectivity index (χ4v) is 2.04. The van der Waals surface area contributed by atoms with E-state index in [-0.39, 0.29) is 0 Å². The van der Waals surface area contributed by atoms with Crippen molar-refractivity contribution in [1.82, 2.24) is 0 Å². The lowest BCUT2D eigenvalue weighted by Crippen LogP contribution is -2.06. The second kappa shape index (κ2) is 7.23. The predicted molar refractivity (Wildman–Crippen MR) is 87.4 cm³/mol. The largest absolute Gasteiger partial charge is 0.493 e. The quantitative estimate of drug-likeness (QED) is 0.636. The number of nitrogen functional groups attached to an aromatic ring is 1. The van der Waals surface area contributed by atoms with Gasteiger partial charge in [-0.25, -0.2) is 0 Å². The minimum absolute atomic E-state index is 0.529. The molecule has 2 N–H and O–H groups in total. The molecule has 0 aliphatic heterocycles. The molecule has 0 aromatic heterocycles. The Hall–Kier alpha value is -1.87. The molecule has 0 aliphatic rings. The van der Waals surface area contributed by atoms with Crippen LogP contribution in [0.4, 0.5) is 5.69 Å². The Kier molecular flexibility index (Phi) is 5.34. The van der Waals surface area contributed by atoms with Crippen molar-refractivity contribution in [1.29, 1.82) is 0 Å². The van der Waals surface area contributed by atoms with E-state index in [1.807, 2.05) is 18.2 Å². The number of anilines is 1. The van der Waals surface area contributed by atoms with Crippen molar-refractivity contribution in [2.24, 2.45) is 0 Å². The first-order chi connectivity index (χ1) is 10.1. The Balaban J connectivity index is 1.75. The average molecular weight is 306 g/mol. The van der Waals surface area contributed by atoms with Crippen molar-refractivity contribution in [2.75, 3.05) is 18.9 Å². The summed E-state index contributed by atoms with van der Waals surface area (Å²) in [7, 11) is 0. The highest BCUT2D eigenvalue weighted by Gasteiger charge is 2.02. The summed E-state index contributed by atoms with van der Waals surface area (Å²) in [5, 5.41) is 0.542. The number of hydrogen-bond acceptors (Lipinski definition) is 3. The smallest absolute Gasteiger partial charge is 0.122 e. The Labute approximate surface area is 130 Å². The van der Waals surface area contributed by atoms with Gasteiger partial charge in [0.1, 0.15) is 11.5 Å². The second-order valence-corrected chi connectivity index (χ2v) is 5.34. The van der Waals surface area contributed by atoms with Crippen molar-refractivity contribution in [3.8, 4) is 11.5 Å². The summed E-state index contributed by atoms with van der Waals surface area (Å²) in [5.74, 6) is 1.66. The van der Waals surface area contributed by atoms with Crippen molar-refractivity contribution >= 4 is 17.3 Å². The summed E-state index contributed by atoms with van der Waals surface area (Å²) < 4.78 is 11.4. The number of rotatable bonds is 6. The number of halogens is 1. The maximum Gasteiger partial charge on any atom is 0.122 e. The maximum atomic E-state index is 5.86. The van der Waals surface area contributed by atoms with Crippen LogP contribution in [0.3, 0.4) is 0 Å². The number of ether oxygens (including phenoxy) is 2. The van der Waals surface area contributed by atoms with E-state index >= 15 is 0 Å². The van der Waals surface area contributed by atoms with E-state index in [1.165, 1.54) is 11.1 Å². The molecule has 0 bridgehead atoms. The lowest BCUT2D eigenvalue weighted by atomic mass is 10.1. The first kappa shape index (κ1) is 15.5. The molecular formula is C17H20ClNO2.